The van der Waals surface area contributed by atoms with Crippen molar-refractivity contribution in [3.8, 4) is 11.6 Å². The summed E-state index contributed by atoms with van der Waals surface area (Å²) < 4.78 is 6.45. The van der Waals surface area contributed by atoms with Crippen molar-refractivity contribution >= 4 is 29.4 Å². The van der Waals surface area contributed by atoms with Gasteiger partial charge in [-0.2, -0.15) is 0 Å². The summed E-state index contributed by atoms with van der Waals surface area (Å²) in [5.74, 6) is 6.19. The number of furan rings is 1. The number of thioether (sulfide) groups is 1. The number of aryl methyl sites for hydroxylation is 2. The van der Waals surface area contributed by atoms with E-state index in [9.17, 15) is 9.59 Å². The third-order valence-electron chi connectivity index (χ3n) is 3.62. The molecule has 0 unspecified atom stereocenters. The number of nitrogens with two attached hydrogens (primary N) is 1. The molecular weight excluding hydrogens is 368 g/mol. The molecule has 3 rings (SSSR count). The average molecular weight is 386 g/mol. The summed E-state index contributed by atoms with van der Waals surface area (Å²) in [5, 5.41) is 13.1. The lowest BCUT2D eigenvalue weighted by molar-refractivity contribution is -0.117. The van der Waals surface area contributed by atoms with Gasteiger partial charge in [-0.15, -0.1) is 10.2 Å². The molecule has 140 valence electrons. The number of urea groups is 1. The zero-order valence-corrected chi connectivity index (χ0v) is 15.5. The minimum absolute atomic E-state index is 0.0478. The van der Waals surface area contributed by atoms with Crippen LogP contribution in [0.2, 0.25) is 0 Å². The van der Waals surface area contributed by atoms with Crippen molar-refractivity contribution in [2.45, 2.75) is 19.0 Å². The number of nitrogen functional groups attached to an aromatic ring is 1. The Labute approximate surface area is 159 Å². The molecule has 0 fully saturated rings. The summed E-state index contributed by atoms with van der Waals surface area (Å²) in [6.07, 6.45) is 1.50. The molecule has 9 nitrogen and oxygen atoms in total. The summed E-state index contributed by atoms with van der Waals surface area (Å²) in [7, 11) is 0. The Hall–Kier alpha value is -3.27. The predicted octanol–water partition coefficient (Wildman–Crippen LogP) is 2.31. The summed E-state index contributed by atoms with van der Waals surface area (Å²) >= 11 is 1.06. The monoisotopic (exact) mass is 386 g/mol. The van der Waals surface area contributed by atoms with E-state index in [4.69, 9.17) is 10.3 Å². The molecule has 0 aliphatic rings. The topological polar surface area (TPSA) is 128 Å². The Morgan fingerprint density at radius 2 is 2.07 bits per heavy atom. The number of carbonyl (C=O) groups is 2. The van der Waals surface area contributed by atoms with Crippen molar-refractivity contribution in [2.75, 3.05) is 16.9 Å². The van der Waals surface area contributed by atoms with Crippen LogP contribution in [-0.4, -0.2) is 32.6 Å². The molecule has 0 bridgehead atoms. The third kappa shape index (κ3) is 4.47. The van der Waals surface area contributed by atoms with Crippen molar-refractivity contribution < 1.29 is 14.0 Å². The van der Waals surface area contributed by atoms with Gasteiger partial charge >= 0.3 is 6.03 Å². The fourth-order valence-electron chi connectivity index (χ4n) is 2.35. The maximum Gasteiger partial charge on any atom is 0.325 e. The molecule has 1 aromatic carbocycles. The predicted molar refractivity (Wildman–Crippen MR) is 102 cm³/mol. The van der Waals surface area contributed by atoms with Crippen LogP contribution in [0.1, 0.15) is 11.1 Å². The van der Waals surface area contributed by atoms with Gasteiger partial charge in [0.15, 0.2) is 5.76 Å². The highest BCUT2D eigenvalue weighted by Gasteiger charge is 2.16. The largest absolute Gasteiger partial charge is 0.461 e. The van der Waals surface area contributed by atoms with Crippen LogP contribution in [0.15, 0.2) is 46.2 Å². The van der Waals surface area contributed by atoms with Crippen LogP contribution in [0.5, 0.6) is 0 Å². The molecule has 2 heterocycles. The molecule has 0 aliphatic carbocycles. The standard InChI is InChI=1S/C17H18N6O3S/c1-10-5-6-12(11(2)8-10)19-16(25)20-14(24)9-27-17-22-21-15(23(17)18)13-4-3-7-26-13/h3-8H,9,18H2,1-2H3,(H2,19,20,24,25). The van der Waals surface area contributed by atoms with Crippen molar-refractivity contribution in [1.29, 1.82) is 0 Å². The Kier molecular flexibility index (Phi) is 5.46. The maximum absolute atomic E-state index is 12.0. The number of nitrogens with one attached hydrogen (secondary N) is 2. The molecule has 4 N–H and O–H groups in total. The molecule has 0 radical (unpaired) electrons. The Bertz CT molecular complexity index is 967. The number of benzene rings is 1. The van der Waals surface area contributed by atoms with E-state index in [0.29, 0.717) is 22.4 Å². The number of nitrogens with zero attached hydrogens (tertiary/aromatic N) is 3. The number of amides is 3. The molecule has 0 saturated heterocycles. The molecule has 3 aromatic rings. The lowest BCUT2D eigenvalue weighted by Crippen LogP contribution is -2.35. The number of aromatic nitrogens is 3. The van der Waals surface area contributed by atoms with Crippen molar-refractivity contribution in [3.05, 3.63) is 47.7 Å². The first-order valence-corrected chi connectivity index (χ1v) is 8.98. The van der Waals surface area contributed by atoms with E-state index in [2.05, 4.69) is 20.8 Å². The Balaban J connectivity index is 1.53. The van der Waals surface area contributed by atoms with Crippen molar-refractivity contribution in [1.82, 2.24) is 20.2 Å². The lowest BCUT2D eigenvalue weighted by Gasteiger charge is -2.09. The number of imide groups is 1. The second-order valence-electron chi connectivity index (χ2n) is 5.76. The van der Waals surface area contributed by atoms with E-state index in [-0.39, 0.29) is 5.75 Å². The minimum Gasteiger partial charge on any atom is -0.461 e. The first-order valence-electron chi connectivity index (χ1n) is 7.99. The fourth-order valence-corrected chi connectivity index (χ4v) is 3.01. The highest BCUT2D eigenvalue weighted by atomic mass is 32.2. The van der Waals surface area contributed by atoms with Crippen molar-refractivity contribution in [3.63, 3.8) is 0 Å². The second kappa shape index (κ2) is 7.96. The van der Waals surface area contributed by atoms with Crippen LogP contribution in [-0.2, 0) is 4.79 Å². The fraction of sp³-hybridized carbons (Fsp3) is 0.176. The van der Waals surface area contributed by atoms with Crippen LogP contribution in [0.4, 0.5) is 10.5 Å². The van der Waals surface area contributed by atoms with E-state index in [0.717, 1.165) is 22.9 Å². The van der Waals surface area contributed by atoms with Crippen LogP contribution >= 0.6 is 11.8 Å². The van der Waals surface area contributed by atoms with E-state index >= 15 is 0 Å². The van der Waals surface area contributed by atoms with Gasteiger partial charge < -0.3 is 15.6 Å². The van der Waals surface area contributed by atoms with Gasteiger partial charge in [-0.3, -0.25) is 10.1 Å². The van der Waals surface area contributed by atoms with E-state index in [1.54, 1.807) is 18.2 Å². The molecule has 27 heavy (non-hydrogen) atoms. The summed E-state index contributed by atoms with van der Waals surface area (Å²) in [5.41, 5.74) is 2.64. The lowest BCUT2D eigenvalue weighted by atomic mass is 10.1. The number of carbonyl (C=O) groups excluding carboxylic acids is 2. The highest BCUT2D eigenvalue weighted by Crippen LogP contribution is 2.21. The SMILES string of the molecule is Cc1ccc(NC(=O)NC(=O)CSc2nnc(-c3ccco3)n2N)c(C)c1. The van der Waals surface area contributed by atoms with Crippen LogP contribution in [0.25, 0.3) is 11.6 Å². The minimum atomic E-state index is -0.599. The molecule has 0 spiro atoms. The summed E-state index contributed by atoms with van der Waals surface area (Å²) in [4.78, 5) is 24.0. The molecule has 0 atom stereocenters. The van der Waals surface area contributed by atoms with E-state index < -0.39 is 11.9 Å². The van der Waals surface area contributed by atoms with E-state index in [1.807, 2.05) is 26.0 Å². The van der Waals surface area contributed by atoms with Gasteiger partial charge in [0.25, 0.3) is 0 Å². The molecule has 0 saturated carbocycles. The molecule has 2 aromatic heterocycles. The third-order valence-corrected chi connectivity index (χ3v) is 4.56. The van der Waals surface area contributed by atoms with Gasteiger partial charge in [0.2, 0.25) is 16.9 Å². The van der Waals surface area contributed by atoms with E-state index in [1.165, 1.54) is 10.9 Å². The van der Waals surface area contributed by atoms with Gasteiger partial charge in [-0.25, -0.2) is 9.47 Å². The first kappa shape index (κ1) is 18.5. The highest BCUT2D eigenvalue weighted by molar-refractivity contribution is 7.99. The smallest absolute Gasteiger partial charge is 0.325 e. The van der Waals surface area contributed by atoms with Gasteiger partial charge in [0, 0.05) is 5.69 Å². The average Bonchev–Trinajstić information content (AvgIpc) is 3.25. The normalized spacial score (nSPS) is 10.6. The molecule has 10 heteroatoms. The summed E-state index contributed by atoms with van der Waals surface area (Å²) in [6, 6.07) is 8.42. The number of anilines is 1. The quantitative estimate of drug-likeness (QED) is 0.453. The van der Waals surface area contributed by atoms with Crippen LogP contribution in [0, 0.1) is 13.8 Å². The van der Waals surface area contributed by atoms with Crippen LogP contribution in [0.3, 0.4) is 0 Å². The summed E-state index contributed by atoms with van der Waals surface area (Å²) in [6.45, 7) is 3.84. The van der Waals surface area contributed by atoms with Crippen molar-refractivity contribution in [2.24, 2.45) is 0 Å². The van der Waals surface area contributed by atoms with Gasteiger partial charge in [0.05, 0.1) is 12.0 Å². The van der Waals surface area contributed by atoms with Crippen LogP contribution < -0.4 is 16.5 Å². The zero-order valence-electron chi connectivity index (χ0n) is 14.7. The van der Waals surface area contributed by atoms with Gasteiger partial charge in [0.1, 0.15) is 0 Å². The molecule has 0 aliphatic heterocycles. The number of hydrogen-bond acceptors (Lipinski definition) is 7. The second-order valence-corrected chi connectivity index (χ2v) is 6.71. The first-order chi connectivity index (χ1) is 12.9. The number of hydrogen-bond donors (Lipinski definition) is 3. The number of rotatable bonds is 5. The molecular formula is C17H18N6O3S. The van der Waals surface area contributed by atoms with Gasteiger partial charge in [-0.05, 0) is 37.6 Å². The zero-order chi connectivity index (χ0) is 19.4. The Morgan fingerprint density at radius 1 is 1.26 bits per heavy atom. The Morgan fingerprint density at radius 3 is 2.78 bits per heavy atom. The maximum atomic E-state index is 12.0. The van der Waals surface area contributed by atoms with Gasteiger partial charge in [-0.1, -0.05) is 29.5 Å². The molecule has 3 amide bonds.